The summed E-state index contributed by atoms with van der Waals surface area (Å²) in [5.74, 6) is -0.638. The van der Waals surface area contributed by atoms with E-state index in [2.05, 4.69) is 15.4 Å². The number of fused-ring (bicyclic) bond motifs is 1. The van der Waals surface area contributed by atoms with Gasteiger partial charge in [0.2, 0.25) is 0 Å². The summed E-state index contributed by atoms with van der Waals surface area (Å²) in [5, 5.41) is 8.68. The Balaban J connectivity index is 1.84. The Bertz CT molecular complexity index is 1270. The van der Waals surface area contributed by atoms with E-state index in [0.717, 1.165) is 5.56 Å². The minimum absolute atomic E-state index is 0.271. The summed E-state index contributed by atoms with van der Waals surface area (Å²) in [6.07, 6.45) is 0. The van der Waals surface area contributed by atoms with E-state index >= 15 is 0 Å². The number of carbonyl (C=O) groups excluding carboxylic acids is 1. The zero-order chi connectivity index (χ0) is 20.7. The van der Waals surface area contributed by atoms with Gasteiger partial charge >= 0.3 is 0 Å². The van der Waals surface area contributed by atoms with Crippen LogP contribution in [0.25, 0.3) is 16.7 Å². The lowest BCUT2D eigenvalue weighted by Crippen LogP contribution is -2.14. The van der Waals surface area contributed by atoms with E-state index in [0.29, 0.717) is 44.4 Å². The molecule has 0 radical (unpaired) electrons. The second kappa shape index (κ2) is 7.29. The first-order valence-corrected chi connectivity index (χ1v) is 9.41. The van der Waals surface area contributed by atoms with Crippen molar-refractivity contribution >= 4 is 34.2 Å². The molecule has 0 bridgehead atoms. The van der Waals surface area contributed by atoms with Crippen molar-refractivity contribution in [3.63, 3.8) is 0 Å². The molecule has 0 aliphatic heterocycles. The average Bonchev–Trinajstić information content (AvgIpc) is 2.99. The smallest absolute Gasteiger partial charge is 0.256 e. The van der Waals surface area contributed by atoms with Gasteiger partial charge in [-0.1, -0.05) is 17.7 Å². The number of amides is 1. The SMILES string of the molecule is Cc1cc(C(=O)Nc2ccc(Cl)cc2C)c2c(C)nn(-c3cccc(F)c3)c2n1. The van der Waals surface area contributed by atoms with Crippen molar-refractivity contribution in [2.24, 2.45) is 0 Å². The molecule has 0 atom stereocenters. The molecule has 0 saturated carbocycles. The molecule has 0 unspecified atom stereocenters. The summed E-state index contributed by atoms with van der Waals surface area (Å²) in [5.41, 5.74) is 4.34. The molecule has 5 nitrogen and oxygen atoms in total. The fourth-order valence-corrected chi connectivity index (χ4v) is 3.56. The molecule has 0 fully saturated rings. The maximum Gasteiger partial charge on any atom is 0.256 e. The van der Waals surface area contributed by atoms with E-state index in [-0.39, 0.29) is 11.7 Å². The highest BCUT2D eigenvalue weighted by Gasteiger charge is 2.20. The fraction of sp³-hybridized carbons (Fsp3) is 0.136. The Morgan fingerprint density at radius 2 is 1.90 bits per heavy atom. The van der Waals surface area contributed by atoms with Gasteiger partial charge in [-0.05, 0) is 68.8 Å². The Labute approximate surface area is 172 Å². The van der Waals surface area contributed by atoms with Crippen molar-refractivity contribution in [3.05, 3.63) is 81.9 Å². The number of anilines is 1. The number of carbonyl (C=O) groups is 1. The molecule has 0 spiro atoms. The molecule has 0 saturated heterocycles. The van der Waals surface area contributed by atoms with Gasteiger partial charge in [-0.15, -0.1) is 0 Å². The van der Waals surface area contributed by atoms with Crippen LogP contribution >= 0.6 is 11.6 Å². The molecule has 4 rings (SSSR count). The summed E-state index contributed by atoms with van der Waals surface area (Å²) in [4.78, 5) is 17.7. The largest absolute Gasteiger partial charge is 0.322 e. The van der Waals surface area contributed by atoms with E-state index in [4.69, 9.17) is 11.6 Å². The van der Waals surface area contributed by atoms with Crippen LogP contribution in [0.15, 0.2) is 48.5 Å². The molecule has 2 aromatic heterocycles. The van der Waals surface area contributed by atoms with Crippen LogP contribution in [0.3, 0.4) is 0 Å². The van der Waals surface area contributed by atoms with Crippen LogP contribution in [0.2, 0.25) is 5.02 Å². The van der Waals surface area contributed by atoms with Crippen LogP contribution < -0.4 is 5.32 Å². The Morgan fingerprint density at radius 1 is 1.10 bits per heavy atom. The molecule has 2 aromatic carbocycles. The quantitative estimate of drug-likeness (QED) is 0.494. The molecule has 1 amide bonds. The van der Waals surface area contributed by atoms with Crippen molar-refractivity contribution in [1.82, 2.24) is 14.8 Å². The second-order valence-corrected chi connectivity index (χ2v) is 7.34. The van der Waals surface area contributed by atoms with Crippen LogP contribution in [0.4, 0.5) is 10.1 Å². The summed E-state index contributed by atoms with van der Waals surface area (Å²) in [6, 6.07) is 13.1. The van der Waals surface area contributed by atoms with Crippen LogP contribution in [0.1, 0.15) is 27.3 Å². The minimum Gasteiger partial charge on any atom is -0.322 e. The number of hydrogen-bond acceptors (Lipinski definition) is 3. The molecule has 4 aromatic rings. The standard InChI is InChI=1S/C22H18ClFN4O/c1-12-9-15(23)7-8-19(12)26-22(29)18-10-13(2)25-21-20(18)14(3)27-28(21)17-6-4-5-16(24)11-17/h4-11H,1-3H3,(H,26,29). The van der Waals surface area contributed by atoms with Crippen LogP contribution in [-0.2, 0) is 0 Å². The lowest BCUT2D eigenvalue weighted by molar-refractivity contribution is 0.102. The zero-order valence-corrected chi connectivity index (χ0v) is 16.9. The van der Waals surface area contributed by atoms with E-state index in [9.17, 15) is 9.18 Å². The normalized spacial score (nSPS) is 11.1. The van der Waals surface area contributed by atoms with Gasteiger partial charge in [-0.3, -0.25) is 4.79 Å². The number of hydrogen-bond donors (Lipinski definition) is 1. The number of aromatic nitrogens is 3. The lowest BCUT2D eigenvalue weighted by Gasteiger charge is -2.10. The van der Waals surface area contributed by atoms with Gasteiger partial charge in [0.25, 0.3) is 5.91 Å². The van der Waals surface area contributed by atoms with Crippen LogP contribution in [0, 0.1) is 26.6 Å². The number of benzene rings is 2. The lowest BCUT2D eigenvalue weighted by atomic mass is 10.1. The molecule has 146 valence electrons. The highest BCUT2D eigenvalue weighted by molar-refractivity contribution is 6.30. The summed E-state index contributed by atoms with van der Waals surface area (Å²) in [7, 11) is 0. The number of pyridine rings is 1. The van der Waals surface area contributed by atoms with Crippen LogP contribution in [-0.4, -0.2) is 20.7 Å². The zero-order valence-electron chi connectivity index (χ0n) is 16.1. The van der Waals surface area contributed by atoms with Crippen molar-refractivity contribution in [3.8, 4) is 5.69 Å². The number of aryl methyl sites for hydroxylation is 3. The third-order valence-corrected chi connectivity index (χ3v) is 4.91. The maximum absolute atomic E-state index is 13.7. The molecular weight excluding hydrogens is 391 g/mol. The number of nitrogens with one attached hydrogen (secondary N) is 1. The topological polar surface area (TPSA) is 59.8 Å². The summed E-state index contributed by atoms with van der Waals surface area (Å²) < 4.78 is 15.3. The third-order valence-electron chi connectivity index (χ3n) is 4.67. The van der Waals surface area contributed by atoms with Crippen molar-refractivity contribution < 1.29 is 9.18 Å². The maximum atomic E-state index is 13.7. The van der Waals surface area contributed by atoms with E-state index in [1.54, 1.807) is 48.0 Å². The van der Waals surface area contributed by atoms with Gasteiger partial charge < -0.3 is 5.32 Å². The fourth-order valence-electron chi connectivity index (χ4n) is 3.34. The van der Waals surface area contributed by atoms with Gasteiger partial charge in [-0.2, -0.15) is 5.10 Å². The molecule has 7 heteroatoms. The Morgan fingerprint density at radius 3 is 2.62 bits per heavy atom. The Kier molecular flexibility index (Phi) is 4.80. The van der Waals surface area contributed by atoms with Crippen molar-refractivity contribution in [2.45, 2.75) is 20.8 Å². The van der Waals surface area contributed by atoms with Gasteiger partial charge in [0.05, 0.1) is 22.3 Å². The van der Waals surface area contributed by atoms with Gasteiger partial charge in [0, 0.05) is 16.4 Å². The molecular formula is C22H18ClFN4O. The summed E-state index contributed by atoms with van der Waals surface area (Å²) in [6.45, 7) is 5.49. The minimum atomic E-state index is -0.368. The van der Waals surface area contributed by atoms with Gasteiger partial charge in [0.1, 0.15) is 5.82 Å². The number of nitrogens with zero attached hydrogens (tertiary/aromatic N) is 3. The van der Waals surface area contributed by atoms with E-state index < -0.39 is 0 Å². The molecule has 0 aliphatic rings. The number of rotatable bonds is 3. The van der Waals surface area contributed by atoms with Crippen molar-refractivity contribution in [2.75, 3.05) is 5.32 Å². The predicted molar refractivity (Wildman–Crippen MR) is 112 cm³/mol. The third kappa shape index (κ3) is 3.59. The van der Waals surface area contributed by atoms with Crippen molar-refractivity contribution in [1.29, 1.82) is 0 Å². The first-order valence-electron chi connectivity index (χ1n) is 9.04. The number of halogens is 2. The predicted octanol–water partition coefficient (Wildman–Crippen LogP) is 5.39. The molecule has 2 heterocycles. The average molecular weight is 409 g/mol. The Hall–Kier alpha value is -3.25. The first kappa shape index (κ1) is 19.1. The molecule has 29 heavy (non-hydrogen) atoms. The highest BCUT2D eigenvalue weighted by atomic mass is 35.5. The monoisotopic (exact) mass is 408 g/mol. The van der Waals surface area contributed by atoms with E-state index in [1.165, 1.54) is 12.1 Å². The second-order valence-electron chi connectivity index (χ2n) is 6.90. The molecule has 1 N–H and O–H groups in total. The van der Waals surface area contributed by atoms with Gasteiger partial charge in [0.15, 0.2) is 5.65 Å². The molecule has 0 aliphatic carbocycles. The highest BCUT2D eigenvalue weighted by Crippen LogP contribution is 2.27. The van der Waals surface area contributed by atoms with E-state index in [1.807, 2.05) is 13.8 Å². The van der Waals surface area contributed by atoms with Crippen LogP contribution in [0.5, 0.6) is 0 Å². The first-order chi connectivity index (χ1) is 13.8. The summed E-state index contributed by atoms with van der Waals surface area (Å²) >= 11 is 6.00. The van der Waals surface area contributed by atoms with Gasteiger partial charge in [-0.25, -0.2) is 14.1 Å².